The summed E-state index contributed by atoms with van der Waals surface area (Å²) in [7, 11) is 3.86. The van der Waals surface area contributed by atoms with Crippen LogP contribution in [0.3, 0.4) is 0 Å². The van der Waals surface area contributed by atoms with Crippen molar-refractivity contribution in [2.24, 2.45) is 0 Å². The van der Waals surface area contributed by atoms with Gasteiger partial charge >= 0.3 is 5.97 Å². The molecule has 0 fully saturated rings. The Balaban J connectivity index is 3.04. The third kappa shape index (κ3) is 3.17. The van der Waals surface area contributed by atoms with Crippen LogP contribution in [0.15, 0.2) is 12.3 Å². The summed E-state index contributed by atoms with van der Waals surface area (Å²) in [5, 5.41) is 9.07. The van der Waals surface area contributed by atoms with E-state index in [-0.39, 0.29) is 17.5 Å². The van der Waals surface area contributed by atoms with Gasteiger partial charge < -0.3 is 14.6 Å². The van der Waals surface area contributed by atoms with Gasteiger partial charge in [0.25, 0.3) is 0 Å². The van der Waals surface area contributed by atoms with Crippen molar-refractivity contribution >= 4 is 11.8 Å². The van der Waals surface area contributed by atoms with Crippen molar-refractivity contribution in [1.82, 2.24) is 9.47 Å². The lowest BCUT2D eigenvalue weighted by atomic mass is 10.2. The predicted molar refractivity (Wildman–Crippen MR) is 64.5 cm³/mol. The molecule has 0 aromatic carbocycles. The summed E-state index contributed by atoms with van der Waals surface area (Å²) in [6, 6.07) is 1.62. The Morgan fingerprint density at radius 2 is 2.06 bits per heavy atom. The van der Waals surface area contributed by atoms with Gasteiger partial charge in [0.15, 0.2) is 5.78 Å². The van der Waals surface area contributed by atoms with E-state index >= 15 is 0 Å². The van der Waals surface area contributed by atoms with E-state index in [1.54, 1.807) is 10.8 Å². The zero-order chi connectivity index (χ0) is 13.2. The van der Waals surface area contributed by atoms with Gasteiger partial charge in [-0.3, -0.25) is 4.79 Å². The summed E-state index contributed by atoms with van der Waals surface area (Å²) in [6.45, 7) is 3.97. The molecule has 1 aromatic heterocycles. The quantitative estimate of drug-likeness (QED) is 0.786. The standard InChI is InChI=1S/C12H18N2O3/c1-8(13(3)4)6-14-7-10(9(2)15)5-11(14)12(16)17/h5,7-8H,6H2,1-4H3,(H,16,17). The van der Waals surface area contributed by atoms with E-state index in [0.29, 0.717) is 12.1 Å². The van der Waals surface area contributed by atoms with E-state index in [1.807, 2.05) is 25.9 Å². The molecule has 1 aromatic rings. The molecular weight excluding hydrogens is 220 g/mol. The highest BCUT2D eigenvalue weighted by atomic mass is 16.4. The molecule has 0 saturated carbocycles. The maximum atomic E-state index is 11.2. The van der Waals surface area contributed by atoms with E-state index in [4.69, 9.17) is 5.11 Å². The lowest BCUT2D eigenvalue weighted by molar-refractivity contribution is 0.0683. The number of carbonyl (C=O) groups is 2. The van der Waals surface area contributed by atoms with E-state index in [1.165, 1.54) is 13.0 Å². The van der Waals surface area contributed by atoms with Crippen molar-refractivity contribution < 1.29 is 14.7 Å². The molecule has 5 nitrogen and oxygen atoms in total. The number of carboxylic acid groups (broad SMARTS) is 1. The van der Waals surface area contributed by atoms with Crippen molar-refractivity contribution in [2.45, 2.75) is 26.4 Å². The van der Waals surface area contributed by atoms with E-state index < -0.39 is 5.97 Å². The van der Waals surface area contributed by atoms with Crippen LogP contribution < -0.4 is 0 Å². The maximum absolute atomic E-state index is 11.2. The zero-order valence-electron chi connectivity index (χ0n) is 10.6. The second kappa shape index (κ2) is 5.14. The third-order valence-electron chi connectivity index (χ3n) is 2.86. The second-order valence-corrected chi connectivity index (χ2v) is 4.44. The first-order chi connectivity index (χ1) is 7.82. The molecule has 1 rings (SSSR count). The molecule has 1 heterocycles. The highest BCUT2D eigenvalue weighted by Crippen LogP contribution is 2.11. The summed E-state index contributed by atoms with van der Waals surface area (Å²) in [5.41, 5.74) is 0.595. The molecule has 1 atom stereocenters. The zero-order valence-corrected chi connectivity index (χ0v) is 10.6. The average molecular weight is 238 g/mol. The van der Waals surface area contributed by atoms with Crippen molar-refractivity contribution in [3.63, 3.8) is 0 Å². The number of nitrogens with zero attached hydrogens (tertiary/aromatic N) is 2. The SMILES string of the molecule is CC(=O)c1cc(C(=O)O)n(CC(C)N(C)C)c1. The van der Waals surface area contributed by atoms with Gasteiger partial charge in [0, 0.05) is 24.3 Å². The molecule has 0 radical (unpaired) electrons. The van der Waals surface area contributed by atoms with Gasteiger partial charge in [-0.15, -0.1) is 0 Å². The Kier molecular flexibility index (Phi) is 4.07. The molecule has 94 valence electrons. The van der Waals surface area contributed by atoms with Crippen LogP contribution in [0.4, 0.5) is 0 Å². The van der Waals surface area contributed by atoms with Crippen molar-refractivity contribution in [3.05, 3.63) is 23.5 Å². The van der Waals surface area contributed by atoms with Crippen molar-refractivity contribution in [1.29, 1.82) is 0 Å². The number of carboxylic acids is 1. The molecule has 0 spiro atoms. The fourth-order valence-electron chi connectivity index (χ4n) is 1.48. The normalized spacial score (nSPS) is 12.8. The monoisotopic (exact) mass is 238 g/mol. The number of Topliss-reactive ketones (excluding diaryl/α,β-unsaturated/α-hetero) is 1. The second-order valence-electron chi connectivity index (χ2n) is 4.44. The number of aromatic carboxylic acids is 1. The number of likely N-dealkylation sites (N-methyl/N-ethyl adjacent to an activating group) is 1. The minimum absolute atomic E-state index is 0.122. The van der Waals surface area contributed by atoms with Crippen molar-refractivity contribution in [3.8, 4) is 0 Å². The summed E-state index contributed by atoms with van der Waals surface area (Å²) >= 11 is 0. The molecule has 0 aliphatic carbocycles. The summed E-state index contributed by atoms with van der Waals surface area (Å²) in [6.07, 6.45) is 1.60. The van der Waals surface area contributed by atoms with Gasteiger partial charge in [-0.05, 0) is 34.0 Å². The first-order valence-corrected chi connectivity index (χ1v) is 5.43. The smallest absolute Gasteiger partial charge is 0.352 e. The Hall–Kier alpha value is -1.62. The van der Waals surface area contributed by atoms with Gasteiger partial charge in [0.05, 0.1) is 0 Å². The molecule has 0 bridgehead atoms. The van der Waals surface area contributed by atoms with Crippen LogP contribution in [0.1, 0.15) is 34.7 Å². The van der Waals surface area contributed by atoms with E-state index in [2.05, 4.69) is 0 Å². The van der Waals surface area contributed by atoms with Gasteiger partial charge in [0.1, 0.15) is 5.69 Å². The number of ketones is 1. The van der Waals surface area contributed by atoms with Crippen LogP contribution in [0.5, 0.6) is 0 Å². The van der Waals surface area contributed by atoms with E-state index in [9.17, 15) is 9.59 Å². The average Bonchev–Trinajstić information content (AvgIpc) is 2.61. The first kappa shape index (κ1) is 13.4. The van der Waals surface area contributed by atoms with Crippen LogP contribution in [0.25, 0.3) is 0 Å². The molecule has 0 saturated heterocycles. The maximum Gasteiger partial charge on any atom is 0.352 e. The number of aromatic nitrogens is 1. The minimum Gasteiger partial charge on any atom is -0.477 e. The van der Waals surface area contributed by atoms with E-state index in [0.717, 1.165) is 0 Å². The lowest BCUT2D eigenvalue weighted by Gasteiger charge is -2.20. The molecule has 17 heavy (non-hydrogen) atoms. The fraction of sp³-hybridized carbons (Fsp3) is 0.500. The highest BCUT2D eigenvalue weighted by Gasteiger charge is 2.16. The largest absolute Gasteiger partial charge is 0.477 e. The van der Waals surface area contributed by atoms with Crippen LogP contribution in [0, 0.1) is 0 Å². The van der Waals surface area contributed by atoms with Crippen LogP contribution in [-0.4, -0.2) is 46.5 Å². The predicted octanol–water partition coefficient (Wildman–Crippen LogP) is 1.34. The van der Waals surface area contributed by atoms with Gasteiger partial charge in [-0.25, -0.2) is 4.79 Å². The summed E-state index contributed by atoms with van der Waals surface area (Å²) < 4.78 is 1.61. The number of hydrogen-bond acceptors (Lipinski definition) is 3. The Bertz CT molecular complexity index is 435. The summed E-state index contributed by atoms with van der Waals surface area (Å²) in [4.78, 5) is 24.3. The fourth-order valence-corrected chi connectivity index (χ4v) is 1.48. The lowest BCUT2D eigenvalue weighted by Crippen LogP contribution is -2.30. The Labute approximate surface area is 101 Å². The number of rotatable bonds is 5. The van der Waals surface area contributed by atoms with Gasteiger partial charge in [-0.2, -0.15) is 0 Å². The van der Waals surface area contributed by atoms with Gasteiger partial charge in [-0.1, -0.05) is 0 Å². The van der Waals surface area contributed by atoms with Crippen LogP contribution >= 0.6 is 0 Å². The van der Waals surface area contributed by atoms with Crippen molar-refractivity contribution in [2.75, 3.05) is 14.1 Å². The van der Waals surface area contributed by atoms with Crippen LogP contribution in [0.2, 0.25) is 0 Å². The van der Waals surface area contributed by atoms with Gasteiger partial charge in [0.2, 0.25) is 0 Å². The van der Waals surface area contributed by atoms with Crippen LogP contribution in [-0.2, 0) is 6.54 Å². The summed E-state index contributed by atoms with van der Waals surface area (Å²) in [5.74, 6) is -1.13. The minimum atomic E-state index is -1.01. The molecule has 0 aliphatic rings. The molecule has 0 amide bonds. The number of carbonyl (C=O) groups excluding carboxylic acids is 1. The topological polar surface area (TPSA) is 62.5 Å². The molecule has 1 N–H and O–H groups in total. The number of hydrogen-bond donors (Lipinski definition) is 1. The molecule has 5 heteroatoms. The third-order valence-corrected chi connectivity index (χ3v) is 2.86. The Morgan fingerprint density at radius 1 is 1.47 bits per heavy atom. The Morgan fingerprint density at radius 3 is 2.47 bits per heavy atom. The molecular formula is C12H18N2O3. The molecule has 0 aliphatic heterocycles. The first-order valence-electron chi connectivity index (χ1n) is 5.43. The molecule has 1 unspecified atom stereocenters. The highest BCUT2D eigenvalue weighted by molar-refractivity contribution is 5.97.